The number of benzene rings is 1. The van der Waals surface area contributed by atoms with Crippen LogP contribution in [0.1, 0.15) is 17.4 Å². The highest BCUT2D eigenvalue weighted by atomic mass is 79.9. The topological polar surface area (TPSA) is 78.3 Å². The average Bonchev–Trinajstić information content (AvgIpc) is 2.75. The summed E-state index contributed by atoms with van der Waals surface area (Å²) in [6.45, 7) is 1.94. The van der Waals surface area contributed by atoms with Crippen LogP contribution < -0.4 is 5.73 Å². The molecule has 1 aromatic heterocycles. The van der Waals surface area contributed by atoms with Crippen LogP contribution in [0.5, 0.6) is 0 Å². The third-order valence-corrected chi connectivity index (χ3v) is 3.52. The summed E-state index contributed by atoms with van der Waals surface area (Å²) in [5, 5.41) is 0.506. The lowest BCUT2D eigenvalue weighted by molar-refractivity contribution is 0.0521. The zero-order chi connectivity index (χ0) is 14.0. The molecule has 0 fully saturated rings. The van der Waals surface area contributed by atoms with Gasteiger partial charge in [0.05, 0.1) is 11.6 Å². The van der Waals surface area contributed by atoms with Crippen LogP contribution in [0, 0.1) is 0 Å². The van der Waals surface area contributed by atoms with Gasteiger partial charge in [-0.05, 0) is 41.1 Å². The molecule has 0 saturated carbocycles. The fourth-order valence-corrected chi connectivity index (χ4v) is 1.86. The molecule has 0 amide bonds. The zero-order valence-corrected chi connectivity index (χ0v) is 12.3. The monoisotopic (exact) mass is 344 g/mol. The van der Waals surface area contributed by atoms with Gasteiger partial charge < -0.3 is 14.9 Å². The molecule has 0 unspecified atom stereocenters. The van der Waals surface area contributed by atoms with E-state index in [1.165, 1.54) is 0 Å². The van der Waals surface area contributed by atoms with Gasteiger partial charge in [-0.25, -0.2) is 4.79 Å². The van der Waals surface area contributed by atoms with Gasteiger partial charge in [0.2, 0.25) is 17.5 Å². The number of nitrogen functional groups attached to an aromatic ring is 1. The number of rotatable bonds is 3. The van der Waals surface area contributed by atoms with Gasteiger partial charge in [0.25, 0.3) is 0 Å². The van der Waals surface area contributed by atoms with Crippen LogP contribution >= 0.6 is 27.5 Å². The molecule has 2 N–H and O–H groups in total. The molecule has 100 valence electrons. The Hall–Kier alpha value is -1.53. The van der Waals surface area contributed by atoms with Crippen molar-refractivity contribution >= 4 is 39.4 Å². The largest absolute Gasteiger partial charge is 0.461 e. The molecule has 5 nitrogen and oxygen atoms in total. The first-order chi connectivity index (χ1) is 9.02. The Bertz CT molecular complexity index is 627. The number of esters is 1. The summed E-state index contributed by atoms with van der Waals surface area (Å²) in [6.07, 6.45) is 0. The number of hydrogen-bond donors (Lipinski definition) is 1. The molecule has 0 aliphatic rings. The first-order valence-corrected chi connectivity index (χ1v) is 6.59. The lowest BCUT2D eigenvalue weighted by Gasteiger charge is -1.98. The minimum absolute atomic E-state index is 0.0316. The molecular weight excluding hydrogens is 336 g/mol. The molecule has 0 saturated heterocycles. The second kappa shape index (κ2) is 5.63. The second-order valence-electron chi connectivity index (χ2n) is 3.58. The van der Waals surface area contributed by atoms with E-state index in [1.54, 1.807) is 25.1 Å². The number of nitrogens with zero attached hydrogens (tertiary/aromatic N) is 1. The Morgan fingerprint density at radius 3 is 2.95 bits per heavy atom. The number of oxazole rings is 1. The van der Waals surface area contributed by atoms with Crippen molar-refractivity contribution in [3.63, 3.8) is 0 Å². The van der Waals surface area contributed by atoms with Gasteiger partial charge in [-0.1, -0.05) is 11.6 Å². The third kappa shape index (κ3) is 2.90. The Kier molecular flexibility index (Phi) is 4.11. The highest BCUT2D eigenvalue weighted by molar-refractivity contribution is 9.10. The van der Waals surface area contributed by atoms with E-state index >= 15 is 0 Å². The molecule has 19 heavy (non-hydrogen) atoms. The SMILES string of the molecule is CCOC(=O)c1nc(-c2ccc(Br)c(Cl)c2)oc1N. The molecule has 0 aliphatic carbocycles. The summed E-state index contributed by atoms with van der Waals surface area (Å²) in [5.41, 5.74) is 6.19. The predicted octanol–water partition coefficient (Wildman–Crippen LogP) is 3.52. The van der Waals surface area contributed by atoms with Crippen molar-refractivity contribution < 1.29 is 13.9 Å². The van der Waals surface area contributed by atoms with E-state index in [-0.39, 0.29) is 24.1 Å². The van der Waals surface area contributed by atoms with Gasteiger partial charge >= 0.3 is 5.97 Å². The summed E-state index contributed by atoms with van der Waals surface area (Å²) >= 11 is 9.27. The minimum Gasteiger partial charge on any atom is -0.461 e. The van der Waals surface area contributed by atoms with Crippen LogP contribution in [-0.4, -0.2) is 17.6 Å². The first-order valence-electron chi connectivity index (χ1n) is 5.41. The number of carbonyl (C=O) groups is 1. The van der Waals surface area contributed by atoms with Crippen LogP contribution in [0.4, 0.5) is 5.88 Å². The number of aromatic nitrogens is 1. The average molecular weight is 346 g/mol. The van der Waals surface area contributed by atoms with E-state index in [0.29, 0.717) is 10.6 Å². The van der Waals surface area contributed by atoms with Crippen LogP contribution in [0.25, 0.3) is 11.5 Å². The molecule has 0 spiro atoms. The maximum Gasteiger partial charge on any atom is 0.362 e. The molecule has 0 aliphatic heterocycles. The second-order valence-corrected chi connectivity index (χ2v) is 4.84. The molecular formula is C12H10BrClN2O3. The molecule has 2 rings (SSSR count). The third-order valence-electron chi connectivity index (χ3n) is 2.29. The molecule has 1 aromatic carbocycles. The van der Waals surface area contributed by atoms with Crippen molar-refractivity contribution in [3.05, 3.63) is 33.4 Å². The van der Waals surface area contributed by atoms with Crippen LogP contribution in [0.3, 0.4) is 0 Å². The number of anilines is 1. The highest BCUT2D eigenvalue weighted by Gasteiger charge is 2.20. The summed E-state index contributed by atoms with van der Waals surface area (Å²) in [4.78, 5) is 15.6. The van der Waals surface area contributed by atoms with Gasteiger partial charge in [0.15, 0.2) is 0 Å². The van der Waals surface area contributed by atoms with E-state index in [9.17, 15) is 4.79 Å². The standard InChI is InChI=1S/C12H10BrClN2O3/c1-2-18-12(17)9-10(15)19-11(16-9)6-3-4-7(13)8(14)5-6/h3-5H,2,15H2,1H3. The van der Waals surface area contributed by atoms with Crippen molar-refractivity contribution in [1.82, 2.24) is 4.98 Å². The number of carbonyl (C=O) groups excluding carboxylic acids is 1. The minimum atomic E-state index is -0.613. The van der Waals surface area contributed by atoms with Crippen molar-refractivity contribution in [3.8, 4) is 11.5 Å². The lowest BCUT2D eigenvalue weighted by atomic mass is 10.2. The summed E-state index contributed by atoms with van der Waals surface area (Å²) < 4.78 is 10.8. The molecule has 1 heterocycles. The molecule has 2 aromatic rings. The summed E-state index contributed by atoms with van der Waals surface area (Å²) in [5.74, 6) is -0.472. The first kappa shape index (κ1) is 13.9. The normalized spacial score (nSPS) is 10.5. The van der Waals surface area contributed by atoms with Crippen LogP contribution in [0.2, 0.25) is 5.02 Å². The van der Waals surface area contributed by atoms with Crippen molar-refractivity contribution in [2.75, 3.05) is 12.3 Å². The number of ether oxygens (including phenoxy) is 1. The Balaban J connectivity index is 2.38. The van der Waals surface area contributed by atoms with E-state index in [0.717, 1.165) is 4.47 Å². The number of nitrogens with two attached hydrogens (primary N) is 1. The summed E-state index contributed by atoms with van der Waals surface area (Å²) in [7, 11) is 0. The van der Waals surface area contributed by atoms with Crippen molar-refractivity contribution in [1.29, 1.82) is 0 Å². The molecule has 0 bridgehead atoms. The maximum atomic E-state index is 11.6. The molecule has 7 heteroatoms. The van der Waals surface area contributed by atoms with Crippen LogP contribution in [-0.2, 0) is 4.74 Å². The van der Waals surface area contributed by atoms with Gasteiger partial charge in [-0.15, -0.1) is 0 Å². The highest BCUT2D eigenvalue weighted by Crippen LogP contribution is 2.30. The van der Waals surface area contributed by atoms with Gasteiger partial charge in [-0.2, -0.15) is 4.98 Å². The van der Waals surface area contributed by atoms with E-state index in [4.69, 9.17) is 26.5 Å². The Morgan fingerprint density at radius 2 is 2.32 bits per heavy atom. The Morgan fingerprint density at radius 1 is 1.58 bits per heavy atom. The fourth-order valence-electron chi connectivity index (χ4n) is 1.43. The summed E-state index contributed by atoms with van der Waals surface area (Å²) in [6, 6.07) is 5.16. The smallest absolute Gasteiger partial charge is 0.362 e. The Labute approximate surface area is 122 Å². The van der Waals surface area contributed by atoms with Gasteiger partial charge in [0.1, 0.15) is 0 Å². The van der Waals surface area contributed by atoms with Crippen molar-refractivity contribution in [2.24, 2.45) is 0 Å². The van der Waals surface area contributed by atoms with Crippen molar-refractivity contribution in [2.45, 2.75) is 6.92 Å². The quantitative estimate of drug-likeness (QED) is 0.861. The molecule has 0 atom stereocenters. The zero-order valence-electron chi connectivity index (χ0n) is 9.94. The number of hydrogen-bond acceptors (Lipinski definition) is 5. The van der Waals surface area contributed by atoms with Crippen LogP contribution in [0.15, 0.2) is 27.1 Å². The fraction of sp³-hybridized carbons (Fsp3) is 0.167. The van der Waals surface area contributed by atoms with E-state index in [1.807, 2.05) is 0 Å². The van der Waals surface area contributed by atoms with Gasteiger partial charge in [-0.3, -0.25) is 0 Å². The van der Waals surface area contributed by atoms with Gasteiger partial charge in [0, 0.05) is 10.0 Å². The lowest BCUT2D eigenvalue weighted by Crippen LogP contribution is -2.07. The van der Waals surface area contributed by atoms with E-state index < -0.39 is 5.97 Å². The van der Waals surface area contributed by atoms with E-state index in [2.05, 4.69) is 20.9 Å². The number of halogens is 2. The maximum absolute atomic E-state index is 11.6. The molecule has 0 radical (unpaired) electrons. The predicted molar refractivity (Wildman–Crippen MR) is 75.0 cm³/mol.